The Balaban J connectivity index is -0.000000439. The van der Waals surface area contributed by atoms with Crippen molar-refractivity contribution >= 4 is 46.4 Å². The van der Waals surface area contributed by atoms with Gasteiger partial charge in [0.05, 0.1) is 11.5 Å². The summed E-state index contributed by atoms with van der Waals surface area (Å²) < 4.78 is 0. The molecule has 0 bridgehead atoms. The van der Waals surface area contributed by atoms with Crippen LogP contribution in [0, 0.1) is 0 Å². The minimum absolute atomic E-state index is 0.0543. The van der Waals surface area contributed by atoms with Crippen molar-refractivity contribution in [3.63, 3.8) is 0 Å². The van der Waals surface area contributed by atoms with E-state index >= 15 is 0 Å². The molecule has 0 aromatic carbocycles. The summed E-state index contributed by atoms with van der Waals surface area (Å²) in [5.41, 5.74) is 4.00. The molecule has 0 aliphatic carbocycles. The maximum Gasteiger partial charge on any atom is 0.0614 e. The standard InChI is InChI=1S/2C10H18Cl2.C10H18O/c1-9(6-8-11)5-4-7-10(2,3)12;1-5-10(4,12)8-6-7-9(2,3)11;1-9(2)5-4-6-10(3)7-8-11/h6H,4-5,7-8H2,1-3H3;5H,1,6-8H2,2-4H3;5,7,11H,4,6,8H2,1-3H3. The summed E-state index contributed by atoms with van der Waals surface area (Å²) in [6.07, 6.45) is 16.4. The minimum atomic E-state index is -0.262. The molecule has 1 nitrogen and oxygen atoms in total. The maximum atomic E-state index is 8.55. The summed E-state index contributed by atoms with van der Waals surface area (Å²) in [4.78, 5) is -0.419. The van der Waals surface area contributed by atoms with Crippen LogP contribution in [-0.4, -0.2) is 32.2 Å². The molecule has 0 amide bonds. The fourth-order valence-corrected chi connectivity index (χ4v) is 3.49. The monoisotopic (exact) mass is 570 g/mol. The van der Waals surface area contributed by atoms with Crippen LogP contribution in [0.5, 0.6) is 0 Å². The van der Waals surface area contributed by atoms with Crippen LogP contribution < -0.4 is 0 Å². The summed E-state index contributed by atoms with van der Waals surface area (Å²) in [6, 6.07) is 0. The molecule has 208 valence electrons. The molecule has 0 saturated carbocycles. The van der Waals surface area contributed by atoms with Gasteiger partial charge in [-0.05, 0) is 114 Å². The molecule has 1 atom stereocenters. The van der Waals surface area contributed by atoms with Crippen molar-refractivity contribution in [2.45, 2.75) is 128 Å². The topological polar surface area (TPSA) is 20.2 Å². The van der Waals surface area contributed by atoms with Crippen LogP contribution in [-0.2, 0) is 0 Å². The van der Waals surface area contributed by atoms with E-state index in [1.165, 1.54) is 16.7 Å². The van der Waals surface area contributed by atoms with E-state index in [-0.39, 0.29) is 21.2 Å². The van der Waals surface area contributed by atoms with E-state index in [2.05, 4.69) is 60.3 Å². The Kier molecular flexibility index (Phi) is 25.0. The second-order valence-corrected chi connectivity index (χ2v) is 14.1. The van der Waals surface area contributed by atoms with E-state index < -0.39 is 0 Å². The largest absolute Gasteiger partial charge is 0.392 e. The van der Waals surface area contributed by atoms with E-state index in [0.717, 1.165) is 51.4 Å². The third kappa shape index (κ3) is 38.8. The lowest BCUT2D eigenvalue weighted by Crippen LogP contribution is -2.15. The Hall–Kier alpha value is 0.0800. The first-order chi connectivity index (χ1) is 15.9. The summed E-state index contributed by atoms with van der Waals surface area (Å²) in [6.45, 7) is 22.3. The molecule has 0 aromatic heterocycles. The van der Waals surface area contributed by atoms with E-state index in [0.29, 0.717) is 5.88 Å². The number of alkyl halides is 4. The van der Waals surface area contributed by atoms with E-state index in [1.807, 2.05) is 26.8 Å². The quantitative estimate of drug-likeness (QED) is 0.162. The summed E-state index contributed by atoms with van der Waals surface area (Å²) in [5, 5.41) is 8.55. The van der Waals surface area contributed by atoms with Gasteiger partial charge in [-0.1, -0.05) is 41.0 Å². The van der Waals surface area contributed by atoms with Gasteiger partial charge in [-0.25, -0.2) is 0 Å². The molecule has 0 radical (unpaired) electrons. The number of hydrogen-bond acceptors (Lipinski definition) is 1. The number of hydrogen-bond donors (Lipinski definition) is 1. The lowest BCUT2D eigenvalue weighted by atomic mass is 9.99. The first-order valence-electron chi connectivity index (χ1n) is 12.7. The fraction of sp³-hybridized carbons (Fsp3) is 0.733. The highest BCUT2D eigenvalue weighted by Crippen LogP contribution is 2.27. The zero-order valence-electron chi connectivity index (χ0n) is 24.0. The number of allylic oxidation sites excluding steroid dienone is 6. The van der Waals surface area contributed by atoms with Crippen molar-refractivity contribution in [2.75, 3.05) is 12.5 Å². The average Bonchev–Trinajstić information content (AvgIpc) is 2.67. The van der Waals surface area contributed by atoms with Crippen LogP contribution in [0.3, 0.4) is 0 Å². The predicted octanol–water partition coefficient (Wildman–Crippen LogP) is 11.4. The average molecular weight is 573 g/mol. The molecule has 1 N–H and O–H groups in total. The second-order valence-electron chi connectivity index (χ2n) is 10.9. The van der Waals surface area contributed by atoms with Crippen molar-refractivity contribution in [1.29, 1.82) is 0 Å². The Labute approximate surface area is 239 Å². The third-order valence-electron chi connectivity index (χ3n) is 5.16. The first kappa shape index (κ1) is 39.6. The van der Waals surface area contributed by atoms with Gasteiger partial charge < -0.3 is 5.11 Å². The van der Waals surface area contributed by atoms with Crippen molar-refractivity contribution in [1.82, 2.24) is 0 Å². The van der Waals surface area contributed by atoms with Gasteiger partial charge in [0.2, 0.25) is 0 Å². The molecule has 0 aromatic rings. The molecule has 0 saturated heterocycles. The van der Waals surface area contributed by atoms with Crippen LogP contribution in [0.1, 0.15) is 114 Å². The molecule has 0 aliphatic heterocycles. The summed E-state index contributed by atoms with van der Waals surface area (Å²) >= 11 is 23.7. The van der Waals surface area contributed by atoms with Gasteiger partial charge in [-0.2, -0.15) is 0 Å². The third-order valence-corrected chi connectivity index (χ3v) is 6.04. The van der Waals surface area contributed by atoms with Crippen LogP contribution in [0.15, 0.2) is 47.6 Å². The van der Waals surface area contributed by atoms with Crippen LogP contribution in [0.2, 0.25) is 0 Å². The molecule has 0 fully saturated rings. The normalized spacial score (nSPS) is 14.1. The fourth-order valence-electron chi connectivity index (χ4n) is 2.82. The minimum Gasteiger partial charge on any atom is -0.392 e. The van der Waals surface area contributed by atoms with Crippen molar-refractivity contribution in [2.24, 2.45) is 0 Å². The molecular weight excluding hydrogens is 518 g/mol. The Morgan fingerprint density at radius 1 is 0.743 bits per heavy atom. The zero-order valence-corrected chi connectivity index (χ0v) is 27.1. The number of aliphatic hydroxyl groups is 1. The smallest absolute Gasteiger partial charge is 0.0614 e. The highest BCUT2D eigenvalue weighted by Gasteiger charge is 2.18. The van der Waals surface area contributed by atoms with E-state index in [4.69, 9.17) is 51.5 Å². The Morgan fingerprint density at radius 2 is 1.23 bits per heavy atom. The Bertz CT molecular complexity index is 613. The van der Waals surface area contributed by atoms with Crippen LogP contribution in [0.25, 0.3) is 0 Å². The van der Waals surface area contributed by atoms with Gasteiger partial charge in [-0.3, -0.25) is 0 Å². The lowest BCUT2D eigenvalue weighted by Gasteiger charge is -2.20. The van der Waals surface area contributed by atoms with Gasteiger partial charge in [0.15, 0.2) is 0 Å². The molecular formula is C30H54Cl4O. The lowest BCUT2D eigenvalue weighted by molar-refractivity contribution is 0.341. The molecule has 0 rings (SSSR count). The summed E-state index contributed by atoms with van der Waals surface area (Å²) in [5.74, 6) is 0.621. The molecule has 35 heavy (non-hydrogen) atoms. The van der Waals surface area contributed by atoms with Gasteiger partial charge in [0.25, 0.3) is 0 Å². The van der Waals surface area contributed by atoms with Crippen molar-refractivity contribution in [3.8, 4) is 0 Å². The van der Waals surface area contributed by atoms with Gasteiger partial charge >= 0.3 is 0 Å². The molecule has 0 aliphatic rings. The summed E-state index contributed by atoms with van der Waals surface area (Å²) in [7, 11) is 0. The highest BCUT2D eigenvalue weighted by molar-refractivity contribution is 6.25. The SMILES string of the molecule is C=CC(C)(Cl)CCCC(C)(C)Cl.CC(=CCCl)CCCC(C)(C)Cl.CC(C)=CCCC(C)=CCO. The number of aliphatic hydroxyl groups excluding tert-OH is 1. The van der Waals surface area contributed by atoms with E-state index in [9.17, 15) is 0 Å². The van der Waals surface area contributed by atoms with E-state index in [1.54, 1.807) is 6.08 Å². The first-order valence-corrected chi connectivity index (χ1v) is 14.4. The highest BCUT2D eigenvalue weighted by atomic mass is 35.5. The maximum absolute atomic E-state index is 8.55. The molecule has 5 heteroatoms. The number of rotatable bonds is 14. The van der Waals surface area contributed by atoms with Crippen molar-refractivity contribution < 1.29 is 5.11 Å². The van der Waals surface area contributed by atoms with Gasteiger partial charge in [0.1, 0.15) is 0 Å². The molecule has 0 heterocycles. The van der Waals surface area contributed by atoms with Gasteiger partial charge in [0, 0.05) is 15.6 Å². The molecule has 0 spiro atoms. The predicted molar refractivity (Wildman–Crippen MR) is 166 cm³/mol. The van der Waals surface area contributed by atoms with Crippen LogP contribution >= 0.6 is 46.4 Å². The molecule has 1 unspecified atom stereocenters. The Morgan fingerprint density at radius 3 is 1.63 bits per heavy atom. The van der Waals surface area contributed by atoms with Crippen LogP contribution in [0.4, 0.5) is 0 Å². The number of halogens is 4. The zero-order chi connectivity index (χ0) is 28.1. The van der Waals surface area contributed by atoms with Crippen molar-refractivity contribution in [3.05, 3.63) is 47.6 Å². The second kappa shape index (κ2) is 22.1. The van der Waals surface area contributed by atoms with Gasteiger partial charge in [-0.15, -0.1) is 53.0 Å².